The SMILES string of the molecule is CCC(N)c1nnc(-c2cccc(Cl)c2F)s1. The highest BCUT2D eigenvalue weighted by Crippen LogP contribution is 2.31. The molecule has 1 unspecified atom stereocenters. The van der Waals surface area contributed by atoms with Crippen LogP contribution in [-0.4, -0.2) is 10.2 Å². The molecule has 6 heteroatoms. The minimum atomic E-state index is -0.470. The molecule has 0 aliphatic carbocycles. The molecule has 3 nitrogen and oxygen atoms in total. The van der Waals surface area contributed by atoms with Crippen molar-refractivity contribution in [2.45, 2.75) is 19.4 Å². The standard InChI is InChI=1S/C11H11ClFN3S/c1-2-8(14)11-16-15-10(17-11)6-4-3-5-7(12)9(6)13/h3-5,8H,2,14H2,1H3. The molecular weight excluding hydrogens is 261 g/mol. The first-order valence-electron chi connectivity index (χ1n) is 5.16. The van der Waals surface area contributed by atoms with Crippen molar-refractivity contribution >= 4 is 22.9 Å². The summed E-state index contributed by atoms with van der Waals surface area (Å²) in [6.07, 6.45) is 0.770. The summed E-state index contributed by atoms with van der Waals surface area (Å²) in [4.78, 5) is 0. The Labute approximate surface area is 107 Å². The van der Waals surface area contributed by atoms with Crippen molar-refractivity contribution in [2.24, 2.45) is 5.73 Å². The van der Waals surface area contributed by atoms with Gasteiger partial charge in [0, 0.05) is 5.56 Å². The van der Waals surface area contributed by atoms with E-state index in [2.05, 4.69) is 10.2 Å². The molecule has 0 amide bonds. The van der Waals surface area contributed by atoms with Crippen molar-refractivity contribution in [2.75, 3.05) is 0 Å². The lowest BCUT2D eigenvalue weighted by Gasteiger charge is -2.01. The van der Waals surface area contributed by atoms with Crippen molar-refractivity contribution in [3.05, 3.63) is 34.0 Å². The lowest BCUT2D eigenvalue weighted by molar-refractivity contribution is 0.631. The van der Waals surface area contributed by atoms with Crippen LogP contribution in [0.25, 0.3) is 10.6 Å². The van der Waals surface area contributed by atoms with Gasteiger partial charge in [0.05, 0.1) is 11.1 Å². The summed E-state index contributed by atoms with van der Waals surface area (Å²) >= 11 is 7.01. The highest BCUT2D eigenvalue weighted by atomic mass is 35.5. The van der Waals surface area contributed by atoms with E-state index in [0.29, 0.717) is 15.6 Å². The second-order valence-electron chi connectivity index (χ2n) is 3.56. The minimum Gasteiger partial charge on any atom is -0.322 e. The third kappa shape index (κ3) is 2.46. The van der Waals surface area contributed by atoms with E-state index in [0.717, 1.165) is 6.42 Å². The summed E-state index contributed by atoms with van der Waals surface area (Å²) in [5.41, 5.74) is 6.21. The van der Waals surface area contributed by atoms with Crippen LogP contribution in [0.3, 0.4) is 0 Å². The van der Waals surface area contributed by atoms with E-state index in [4.69, 9.17) is 17.3 Å². The second kappa shape index (κ2) is 5.08. The van der Waals surface area contributed by atoms with Gasteiger partial charge >= 0.3 is 0 Å². The molecule has 2 N–H and O–H groups in total. The van der Waals surface area contributed by atoms with Crippen LogP contribution in [0.1, 0.15) is 24.4 Å². The minimum absolute atomic E-state index is 0.0824. The highest BCUT2D eigenvalue weighted by Gasteiger charge is 2.15. The normalized spacial score (nSPS) is 12.7. The van der Waals surface area contributed by atoms with Crippen LogP contribution in [0.5, 0.6) is 0 Å². The Balaban J connectivity index is 2.40. The van der Waals surface area contributed by atoms with Crippen molar-refractivity contribution in [1.29, 1.82) is 0 Å². The van der Waals surface area contributed by atoms with E-state index in [9.17, 15) is 4.39 Å². The van der Waals surface area contributed by atoms with Gasteiger partial charge in [0.2, 0.25) is 0 Å². The van der Waals surface area contributed by atoms with Gasteiger partial charge in [-0.1, -0.05) is 35.9 Å². The highest BCUT2D eigenvalue weighted by molar-refractivity contribution is 7.14. The lowest BCUT2D eigenvalue weighted by Crippen LogP contribution is -2.07. The predicted octanol–water partition coefficient (Wildman–Crippen LogP) is 3.41. The van der Waals surface area contributed by atoms with Gasteiger partial charge in [0.25, 0.3) is 0 Å². The fraction of sp³-hybridized carbons (Fsp3) is 0.273. The van der Waals surface area contributed by atoms with Crippen LogP contribution in [-0.2, 0) is 0 Å². The summed E-state index contributed by atoms with van der Waals surface area (Å²) in [7, 11) is 0. The molecule has 1 heterocycles. The molecule has 0 aliphatic rings. The molecule has 0 saturated heterocycles. The maximum absolute atomic E-state index is 13.8. The third-order valence-corrected chi connectivity index (χ3v) is 3.76. The molecule has 0 aliphatic heterocycles. The first kappa shape index (κ1) is 12.4. The van der Waals surface area contributed by atoms with Crippen molar-refractivity contribution in [3.8, 4) is 10.6 Å². The summed E-state index contributed by atoms with van der Waals surface area (Å²) in [6, 6.07) is 4.66. The molecule has 90 valence electrons. The van der Waals surface area contributed by atoms with Gasteiger partial charge in [-0.2, -0.15) is 0 Å². The van der Waals surface area contributed by atoms with Gasteiger partial charge in [0.1, 0.15) is 5.01 Å². The zero-order chi connectivity index (χ0) is 12.4. The Bertz CT molecular complexity index is 529. The van der Waals surface area contributed by atoms with Crippen LogP contribution < -0.4 is 5.73 Å². The number of rotatable bonds is 3. The van der Waals surface area contributed by atoms with E-state index in [1.54, 1.807) is 12.1 Å². The number of aromatic nitrogens is 2. The lowest BCUT2D eigenvalue weighted by atomic mass is 10.2. The third-order valence-electron chi connectivity index (χ3n) is 2.38. The molecule has 17 heavy (non-hydrogen) atoms. The topological polar surface area (TPSA) is 51.8 Å². The van der Waals surface area contributed by atoms with Crippen LogP contribution in [0, 0.1) is 5.82 Å². The Kier molecular flexibility index (Phi) is 3.71. The van der Waals surface area contributed by atoms with Gasteiger partial charge in [0.15, 0.2) is 10.8 Å². The van der Waals surface area contributed by atoms with Gasteiger partial charge in [-0.25, -0.2) is 4.39 Å². The number of nitrogens with two attached hydrogens (primary N) is 1. The second-order valence-corrected chi connectivity index (χ2v) is 4.98. The Morgan fingerprint density at radius 2 is 2.24 bits per heavy atom. The van der Waals surface area contributed by atoms with Gasteiger partial charge in [-0.15, -0.1) is 10.2 Å². The number of halogens is 2. The maximum atomic E-state index is 13.8. The van der Waals surface area contributed by atoms with Crippen LogP contribution >= 0.6 is 22.9 Å². The van der Waals surface area contributed by atoms with E-state index in [1.165, 1.54) is 17.4 Å². The average Bonchev–Trinajstić information content (AvgIpc) is 2.81. The number of hydrogen-bond acceptors (Lipinski definition) is 4. The molecule has 0 saturated carbocycles. The number of nitrogens with zero attached hydrogens (tertiary/aromatic N) is 2. The largest absolute Gasteiger partial charge is 0.322 e. The quantitative estimate of drug-likeness (QED) is 0.931. The predicted molar refractivity (Wildman–Crippen MR) is 67.5 cm³/mol. The molecule has 2 rings (SSSR count). The zero-order valence-corrected chi connectivity index (χ0v) is 10.7. The molecule has 1 atom stereocenters. The van der Waals surface area contributed by atoms with Crippen LogP contribution in [0.4, 0.5) is 4.39 Å². The Morgan fingerprint density at radius 3 is 2.94 bits per heavy atom. The fourth-order valence-electron chi connectivity index (χ4n) is 1.34. The van der Waals surface area contributed by atoms with Crippen molar-refractivity contribution in [3.63, 3.8) is 0 Å². The van der Waals surface area contributed by atoms with E-state index in [1.807, 2.05) is 6.92 Å². The Hall–Kier alpha value is -1.04. The molecule has 1 aromatic carbocycles. The summed E-state index contributed by atoms with van der Waals surface area (Å²) < 4.78 is 13.8. The average molecular weight is 272 g/mol. The molecule has 0 spiro atoms. The molecule has 0 radical (unpaired) electrons. The zero-order valence-electron chi connectivity index (χ0n) is 9.15. The van der Waals surface area contributed by atoms with E-state index >= 15 is 0 Å². The number of benzene rings is 1. The van der Waals surface area contributed by atoms with E-state index in [-0.39, 0.29) is 11.1 Å². The maximum Gasteiger partial charge on any atom is 0.152 e. The van der Waals surface area contributed by atoms with Crippen LogP contribution in [0.15, 0.2) is 18.2 Å². The first-order valence-corrected chi connectivity index (χ1v) is 6.36. The van der Waals surface area contributed by atoms with Gasteiger partial charge in [-0.05, 0) is 18.6 Å². The molecule has 0 fully saturated rings. The monoisotopic (exact) mass is 271 g/mol. The molecule has 0 bridgehead atoms. The van der Waals surface area contributed by atoms with Crippen molar-refractivity contribution < 1.29 is 4.39 Å². The summed E-state index contributed by atoms with van der Waals surface area (Å²) in [5.74, 6) is -0.470. The first-order chi connectivity index (χ1) is 8.13. The molecular formula is C11H11ClFN3S. The molecule has 2 aromatic rings. The van der Waals surface area contributed by atoms with E-state index < -0.39 is 5.82 Å². The van der Waals surface area contributed by atoms with Gasteiger partial charge in [-0.3, -0.25) is 0 Å². The van der Waals surface area contributed by atoms with Crippen LogP contribution in [0.2, 0.25) is 5.02 Å². The summed E-state index contributed by atoms with van der Waals surface area (Å²) in [5, 5.41) is 9.21. The van der Waals surface area contributed by atoms with Crippen molar-refractivity contribution in [1.82, 2.24) is 10.2 Å². The number of hydrogen-bond donors (Lipinski definition) is 1. The smallest absolute Gasteiger partial charge is 0.152 e. The Morgan fingerprint density at radius 1 is 1.47 bits per heavy atom. The van der Waals surface area contributed by atoms with Gasteiger partial charge < -0.3 is 5.73 Å². The summed E-state index contributed by atoms with van der Waals surface area (Å²) in [6.45, 7) is 1.96. The molecule has 1 aromatic heterocycles. The fourth-order valence-corrected chi connectivity index (χ4v) is 2.46.